The van der Waals surface area contributed by atoms with Gasteiger partial charge in [-0.3, -0.25) is 9.36 Å². The number of nitrogens with zero attached hydrogens (tertiary/aromatic N) is 1. The van der Waals surface area contributed by atoms with E-state index in [0.29, 0.717) is 30.9 Å². The van der Waals surface area contributed by atoms with Crippen LogP contribution in [-0.4, -0.2) is 22.1 Å². The molecule has 118 valence electrons. The number of amides is 1. The molecule has 0 aliphatic rings. The van der Waals surface area contributed by atoms with Crippen LogP contribution in [0.4, 0.5) is 0 Å². The zero-order valence-electron chi connectivity index (χ0n) is 12.5. The van der Waals surface area contributed by atoms with Crippen molar-refractivity contribution in [2.45, 2.75) is 13.0 Å². The molecule has 0 unspecified atom stereocenters. The third kappa shape index (κ3) is 3.26. The summed E-state index contributed by atoms with van der Waals surface area (Å²) in [5.74, 6) is 0.205. The summed E-state index contributed by atoms with van der Waals surface area (Å²) in [5, 5.41) is 0. The second kappa shape index (κ2) is 6.39. The number of carbonyl (C=O) groups is 1. The molecule has 3 N–H and O–H groups in total. The molecule has 6 heteroatoms. The number of imidazole rings is 1. The summed E-state index contributed by atoms with van der Waals surface area (Å²) in [4.78, 5) is 25.7. The van der Waals surface area contributed by atoms with Gasteiger partial charge in [-0.15, -0.1) is 0 Å². The van der Waals surface area contributed by atoms with Crippen molar-refractivity contribution in [2.75, 3.05) is 6.61 Å². The summed E-state index contributed by atoms with van der Waals surface area (Å²) < 4.78 is 7.32. The van der Waals surface area contributed by atoms with Crippen LogP contribution in [0.1, 0.15) is 16.8 Å². The number of aryl methyl sites for hydroxylation is 1. The molecule has 0 atom stereocenters. The highest BCUT2D eigenvalue weighted by Gasteiger charge is 2.05. The number of rotatable bonds is 6. The van der Waals surface area contributed by atoms with Crippen LogP contribution in [0.3, 0.4) is 0 Å². The maximum absolute atomic E-state index is 11.9. The summed E-state index contributed by atoms with van der Waals surface area (Å²) in [7, 11) is 0. The van der Waals surface area contributed by atoms with Gasteiger partial charge in [0.25, 0.3) is 0 Å². The monoisotopic (exact) mass is 311 g/mol. The minimum absolute atomic E-state index is 0.114. The summed E-state index contributed by atoms with van der Waals surface area (Å²) in [5.41, 5.74) is 7.24. The number of primary amides is 1. The number of hydrogen-bond acceptors (Lipinski definition) is 3. The van der Waals surface area contributed by atoms with E-state index in [1.54, 1.807) is 28.8 Å². The van der Waals surface area contributed by atoms with Crippen molar-refractivity contribution in [1.82, 2.24) is 9.55 Å². The van der Waals surface area contributed by atoms with E-state index in [1.807, 2.05) is 24.3 Å². The molecule has 0 aliphatic carbocycles. The zero-order chi connectivity index (χ0) is 16.2. The predicted molar refractivity (Wildman–Crippen MR) is 87.6 cm³/mol. The van der Waals surface area contributed by atoms with Crippen LogP contribution in [0.15, 0.2) is 53.3 Å². The molecule has 6 nitrogen and oxygen atoms in total. The third-order valence-electron chi connectivity index (χ3n) is 3.62. The fourth-order valence-corrected chi connectivity index (χ4v) is 2.46. The van der Waals surface area contributed by atoms with Crippen LogP contribution < -0.4 is 16.2 Å². The quantitative estimate of drug-likeness (QED) is 0.681. The Morgan fingerprint density at radius 1 is 1.13 bits per heavy atom. The van der Waals surface area contributed by atoms with Crippen molar-refractivity contribution in [2.24, 2.45) is 5.73 Å². The van der Waals surface area contributed by atoms with Gasteiger partial charge in [0.05, 0.1) is 17.6 Å². The molecule has 0 aliphatic heterocycles. The second-order valence-corrected chi connectivity index (χ2v) is 5.19. The van der Waals surface area contributed by atoms with Gasteiger partial charge in [0.15, 0.2) is 0 Å². The average Bonchev–Trinajstić information content (AvgIpc) is 2.87. The van der Waals surface area contributed by atoms with Crippen molar-refractivity contribution in [3.8, 4) is 5.75 Å². The van der Waals surface area contributed by atoms with Gasteiger partial charge in [-0.1, -0.05) is 12.1 Å². The van der Waals surface area contributed by atoms with Crippen LogP contribution in [0.2, 0.25) is 0 Å². The lowest BCUT2D eigenvalue weighted by Gasteiger charge is -2.07. The Kier molecular flexibility index (Phi) is 4.14. The lowest BCUT2D eigenvalue weighted by Crippen LogP contribution is -2.18. The Labute approximate surface area is 132 Å². The number of nitrogens with one attached hydrogen (secondary N) is 1. The van der Waals surface area contributed by atoms with Crippen molar-refractivity contribution in [1.29, 1.82) is 0 Å². The number of nitrogens with two attached hydrogens (primary N) is 1. The zero-order valence-corrected chi connectivity index (χ0v) is 12.5. The number of H-pyrrole nitrogens is 1. The Hall–Kier alpha value is -3.02. The van der Waals surface area contributed by atoms with Gasteiger partial charge < -0.3 is 15.5 Å². The van der Waals surface area contributed by atoms with Crippen LogP contribution >= 0.6 is 0 Å². The fraction of sp³-hybridized carbons (Fsp3) is 0.176. The van der Waals surface area contributed by atoms with Gasteiger partial charge in [0.1, 0.15) is 5.75 Å². The molecule has 0 saturated heterocycles. The maximum Gasteiger partial charge on any atom is 0.326 e. The first kappa shape index (κ1) is 14.9. The molecule has 2 aromatic carbocycles. The molecule has 0 spiro atoms. The first-order valence-electron chi connectivity index (χ1n) is 7.35. The van der Waals surface area contributed by atoms with E-state index in [2.05, 4.69) is 4.98 Å². The van der Waals surface area contributed by atoms with Crippen LogP contribution in [0.5, 0.6) is 5.75 Å². The van der Waals surface area contributed by atoms with E-state index in [0.717, 1.165) is 11.0 Å². The highest BCUT2D eigenvalue weighted by atomic mass is 16.5. The number of fused-ring (bicyclic) bond motifs is 1. The number of carbonyl (C=O) groups excluding carboxylic acids is 1. The molecule has 1 aromatic heterocycles. The first-order valence-corrected chi connectivity index (χ1v) is 7.35. The van der Waals surface area contributed by atoms with Crippen molar-refractivity contribution >= 4 is 16.9 Å². The van der Waals surface area contributed by atoms with Crippen LogP contribution in [-0.2, 0) is 6.54 Å². The number of ether oxygens (including phenoxy) is 1. The number of hydrogen-bond donors (Lipinski definition) is 2. The average molecular weight is 311 g/mol. The Balaban J connectivity index is 1.58. The van der Waals surface area contributed by atoms with Crippen LogP contribution in [0.25, 0.3) is 11.0 Å². The Bertz CT molecular complexity index is 878. The maximum atomic E-state index is 11.9. The number of benzene rings is 2. The van der Waals surface area contributed by atoms with Gasteiger partial charge in [-0.25, -0.2) is 4.79 Å². The lowest BCUT2D eigenvalue weighted by molar-refractivity contribution is 0.100. The van der Waals surface area contributed by atoms with Crippen LogP contribution in [0, 0.1) is 0 Å². The van der Waals surface area contributed by atoms with E-state index in [1.165, 1.54) is 0 Å². The number of para-hydroxylation sites is 2. The summed E-state index contributed by atoms with van der Waals surface area (Å²) >= 11 is 0. The first-order chi connectivity index (χ1) is 11.1. The molecule has 0 bridgehead atoms. The van der Waals surface area contributed by atoms with E-state index >= 15 is 0 Å². The third-order valence-corrected chi connectivity index (χ3v) is 3.62. The molecule has 1 amide bonds. The molecule has 23 heavy (non-hydrogen) atoms. The number of aromatic nitrogens is 2. The van der Waals surface area contributed by atoms with Gasteiger partial charge in [0, 0.05) is 12.1 Å². The molecule has 0 radical (unpaired) electrons. The highest BCUT2D eigenvalue weighted by molar-refractivity contribution is 5.92. The summed E-state index contributed by atoms with van der Waals surface area (Å²) in [6, 6.07) is 14.3. The topological polar surface area (TPSA) is 90.1 Å². The van der Waals surface area contributed by atoms with E-state index < -0.39 is 5.91 Å². The predicted octanol–water partition coefficient (Wildman–Crippen LogP) is 1.90. The number of aromatic amines is 1. The van der Waals surface area contributed by atoms with Gasteiger partial charge in [-0.05, 0) is 42.8 Å². The van der Waals surface area contributed by atoms with Crippen molar-refractivity contribution < 1.29 is 9.53 Å². The molecule has 1 heterocycles. The van der Waals surface area contributed by atoms with Gasteiger partial charge in [0.2, 0.25) is 5.91 Å². The minimum Gasteiger partial charge on any atom is -0.494 e. The van der Waals surface area contributed by atoms with Crippen molar-refractivity contribution in [3.63, 3.8) is 0 Å². The van der Waals surface area contributed by atoms with Crippen molar-refractivity contribution in [3.05, 3.63) is 64.6 Å². The second-order valence-electron chi connectivity index (χ2n) is 5.19. The van der Waals surface area contributed by atoms with E-state index in [-0.39, 0.29) is 5.69 Å². The van der Waals surface area contributed by atoms with E-state index in [9.17, 15) is 9.59 Å². The van der Waals surface area contributed by atoms with Gasteiger partial charge >= 0.3 is 5.69 Å². The molecule has 0 fully saturated rings. The Morgan fingerprint density at radius 2 is 1.87 bits per heavy atom. The highest BCUT2D eigenvalue weighted by Crippen LogP contribution is 2.13. The molecular weight excluding hydrogens is 294 g/mol. The molecule has 0 saturated carbocycles. The SMILES string of the molecule is NC(=O)c1ccc(OCCCn2c(=O)[nH]c3ccccc32)cc1. The summed E-state index contributed by atoms with van der Waals surface area (Å²) in [6.45, 7) is 1.05. The smallest absolute Gasteiger partial charge is 0.326 e. The normalized spacial score (nSPS) is 10.8. The fourth-order valence-electron chi connectivity index (χ4n) is 2.46. The minimum atomic E-state index is -0.463. The molecule has 3 rings (SSSR count). The van der Waals surface area contributed by atoms with Gasteiger partial charge in [-0.2, -0.15) is 0 Å². The largest absolute Gasteiger partial charge is 0.494 e. The molecule has 3 aromatic rings. The lowest BCUT2D eigenvalue weighted by atomic mass is 10.2. The standard InChI is InChI=1S/C17H17N3O3/c18-16(21)12-6-8-13(9-7-12)23-11-3-10-20-15-5-2-1-4-14(15)19-17(20)22/h1-2,4-9H,3,10-11H2,(H2,18,21)(H,19,22). The van der Waals surface area contributed by atoms with E-state index in [4.69, 9.17) is 10.5 Å². The Morgan fingerprint density at radius 3 is 2.61 bits per heavy atom. The summed E-state index contributed by atoms with van der Waals surface area (Å²) in [6.07, 6.45) is 0.694. The molecular formula is C17H17N3O3.